The maximum absolute atomic E-state index is 9.49. The van der Waals surface area contributed by atoms with Crippen molar-refractivity contribution in [1.29, 1.82) is 0 Å². The van der Waals surface area contributed by atoms with Crippen LogP contribution in [-0.2, 0) is 6.54 Å². The summed E-state index contributed by atoms with van der Waals surface area (Å²) in [6.45, 7) is 7.17. The van der Waals surface area contributed by atoms with Gasteiger partial charge in [0, 0.05) is 18.3 Å². The molecular weight excluding hydrogens is 212 g/mol. The van der Waals surface area contributed by atoms with Crippen molar-refractivity contribution in [2.75, 3.05) is 0 Å². The van der Waals surface area contributed by atoms with Gasteiger partial charge < -0.3 is 5.11 Å². The Morgan fingerprint density at radius 1 is 1.29 bits per heavy atom. The number of phenolic OH excluding ortho intramolecular Hbond substituents is 1. The van der Waals surface area contributed by atoms with E-state index < -0.39 is 0 Å². The molecule has 0 bridgehead atoms. The van der Waals surface area contributed by atoms with Crippen molar-refractivity contribution in [1.82, 2.24) is 9.78 Å². The molecule has 0 saturated heterocycles. The second-order valence-corrected chi connectivity index (χ2v) is 4.85. The highest BCUT2D eigenvalue weighted by Gasteiger charge is 2.05. The minimum atomic E-state index is 0.336. The SMILES string of the molecule is Cc1cc(-c2cnn(CC(C)C)c2)ccc1O. The molecule has 0 aliphatic rings. The molecule has 0 aliphatic heterocycles. The highest BCUT2D eigenvalue weighted by Crippen LogP contribution is 2.24. The van der Waals surface area contributed by atoms with Crippen molar-refractivity contribution in [3.63, 3.8) is 0 Å². The summed E-state index contributed by atoms with van der Waals surface area (Å²) < 4.78 is 1.96. The van der Waals surface area contributed by atoms with Gasteiger partial charge in [0.25, 0.3) is 0 Å². The van der Waals surface area contributed by atoms with E-state index in [1.165, 1.54) is 0 Å². The van der Waals surface area contributed by atoms with Crippen LogP contribution in [0.2, 0.25) is 0 Å². The lowest BCUT2D eigenvalue weighted by Crippen LogP contribution is -2.03. The number of hydrogen-bond donors (Lipinski definition) is 1. The number of benzene rings is 1. The van der Waals surface area contributed by atoms with E-state index in [2.05, 4.69) is 18.9 Å². The van der Waals surface area contributed by atoms with E-state index in [-0.39, 0.29) is 0 Å². The fraction of sp³-hybridized carbons (Fsp3) is 0.357. The minimum absolute atomic E-state index is 0.336. The average molecular weight is 230 g/mol. The van der Waals surface area contributed by atoms with Gasteiger partial charge in [0.1, 0.15) is 5.75 Å². The summed E-state index contributed by atoms with van der Waals surface area (Å²) in [5.41, 5.74) is 3.07. The highest BCUT2D eigenvalue weighted by atomic mass is 16.3. The van der Waals surface area contributed by atoms with Crippen LogP contribution in [0.4, 0.5) is 0 Å². The zero-order valence-electron chi connectivity index (χ0n) is 10.5. The molecule has 17 heavy (non-hydrogen) atoms. The van der Waals surface area contributed by atoms with Crippen molar-refractivity contribution in [3.05, 3.63) is 36.2 Å². The first-order valence-corrected chi connectivity index (χ1v) is 5.88. The Balaban J connectivity index is 2.27. The molecule has 1 aromatic carbocycles. The quantitative estimate of drug-likeness (QED) is 0.879. The third-order valence-corrected chi connectivity index (χ3v) is 2.72. The van der Waals surface area contributed by atoms with Gasteiger partial charge in [0.05, 0.1) is 6.20 Å². The molecule has 1 N–H and O–H groups in total. The normalized spacial score (nSPS) is 11.1. The van der Waals surface area contributed by atoms with Crippen molar-refractivity contribution >= 4 is 0 Å². The van der Waals surface area contributed by atoms with Crippen LogP contribution in [0.5, 0.6) is 5.75 Å². The third kappa shape index (κ3) is 2.67. The molecular formula is C14H18N2O. The lowest BCUT2D eigenvalue weighted by molar-refractivity contribution is 0.471. The summed E-state index contributed by atoms with van der Waals surface area (Å²) in [5, 5.41) is 13.8. The topological polar surface area (TPSA) is 38.0 Å². The van der Waals surface area contributed by atoms with Gasteiger partial charge >= 0.3 is 0 Å². The van der Waals surface area contributed by atoms with Gasteiger partial charge in [-0.05, 0) is 36.1 Å². The smallest absolute Gasteiger partial charge is 0.118 e. The number of hydrogen-bond acceptors (Lipinski definition) is 2. The molecule has 0 unspecified atom stereocenters. The van der Waals surface area contributed by atoms with Crippen LogP contribution in [0.1, 0.15) is 19.4 Å². The third-order valence-electron chi connectivity index (χ3n) is 2.72. The van der Waals surface area contributed by atoms with Crippen LogP contribution in [-0.4, -0.2) is 14.9 Å². The Morgan fingerprint density at radius 2 is 2.06 bits per heavy atom. The van der Waals surface area contributed by atoms with Gasteiger partial charge in [-0.3, -0.25) is 4.68 Å². The lowest BCUT2D eigenvalue weighted by Gasteiger charge is -2.04. The lowest BCUT2D eigenvalue weighted by atomic mass is 10.1. The maximum Gasteiger partial charge on any atom is 0.118 e. The van der Waals surface area contributed by atoms with E-state index >= 15 is 0 Å². The molecule has 0 atom stereocenters. The summed E-state index contributed by atoms with van der Waals surface area (Å²) >= 11 is 0. The average Bonchev–Trinajstić information content (AvgIpc) is 2.69. The largest absolute Gasteiger partial charge is 0.508 e. The molecule has 0 saturated carbocycles. The van der Waals surface area contributed by atoms with Gasteiger partial charge in [-0.2, -0.15) is 5.10 Å². The van der Waals surface area contributed by atoms with Crippen molar-refractivity contribution in [2.45, 2.75) is 27.3 Å². The molecule has 2 rings (SSSR count). The highest BCUT2D eigenvalue weighted by molar-refractivity contribution is 5.64. The van der Waals surface area contributed by atoms with Gasteiger partial charge in [0.15, 0.2) is 0 Å². The zero-order chi connectivity index (χ0) is 12.4. The monoisotopic (exact) mass is 230 g/mol. The first kappa shape index (κ1) is 11.7. The number of rotatable bonds is 3. The van der Waals surface area contributed by atoms with Crippen molar-refractivity contribution in [2.24, 2.45) is 5.92 Å². The Bertz CT molecular complexity index is 515. The maximum atomic E-state index is 9.49. The molecule has 0 aliphatic carbocycles. The first-order valence-electron chi connectivity index (χ1n) is 5.88. The molecule has 2 aromatic rings. The summed E-state index contributed by atoms with van der Waals surface area (Å²) in [4.78, 5) is 0. The van der Waals surface area contributed by atoms with Crippen LogP contribution in [0, 0.1) is 12.8 Å². The van der Waals surface area contributed by atoms with Crippen LogP contribution >= 0.6 is 0 Å². The summed E-state index contributed by atoms with van der Waals surface area (Å²) in [6.07, 6.45) is 3.92. The Hall–Kier alpha value is -1.77. The summed E-state index contributed by atoms with van der Waals surface area (Å²) in [5.74, 6) is 0.924. The molecule has 3 nitrogen and oxygen atoms in total. The van der Waals surface area contributed by atoms with E-state index in [0.29, 0.717) is 11.7 Å². The van der Waals surface area contributed by atoms with E-state index in [1.807, 2.05) is 36.1 Å². The number of nitrogens with zero attached hydrogens (tertiary/aromatic N) is 2. The van der Waals surface area contributed by atoms with E-state index in [1.54, 1.807) is 6.07 Å². The summed E-state index contributed by atoms with van der Waals surface area (Å²) in [7, 11) is 0. The molecule has 0 spiro atoms. The Labute approximate surface area is 102 Å². The minimum Gasteiger partial charge on any atom is -0.508 e. The van der Waals surface area contributed by atoms with Gasteiger partial charge in [-0.15, -0.1) is 0 Å². The van der Waals surface area contributed by atoms with Gasteiger partial charge in [-0.25, -0.2) is 0 Å². The molecule has 90 valence electrons. The predicted octanol–water partition coefficient (Wildman–Crippen LogP) is 3.22. The fourth-order valence-electron chi connectivity index (χ4n) is 1.82. The second-order valence-electron chi connectivity index (χ2n) is 4.85. The molecule has 3 heteroatoms. The van der Waals surface area contributed by atoms with E-state index in [0.717, 1.165) is 23.2 Å². The number of aryl methyl sites for hydroxylation is 1. The van der Waals surface area contributed by atoms with E-state index in [4.69, 9.17) is 0 Å². The van der Waals surface area contributed by atoms with Crippen LogP contribution in [0.15, 0.2) is 30.6 Å². The number of aromatic hydroxyl groups is 1. The molecule has 0 amide bonds. The molecule has 1 aromatic heterocycles. The van der Waals surface area contributed by atoms with Gasteiger partial charge in [0.2, 0.25) is 0 Å². The zero-order valence-corrected chi connectivity index (χ0v) is 10.5. The Kier molecular flexibility index (Phi) is 3.18. The molecule has 0 fully saturated rings. The molecule has 0 radical (unpaired) electrons. The van der Waals surface area contributed by atoms with Crippen LogP contribution < -0.4 is 0 Å². The predicted molar refractivity (Wildman–Crippen MR) is 68.9 cm³/mol. The van der Waals surface area contributed by atoms with Crippen molar-refractivity contribution < 1.29 is 5.11 Å². The van der Waals surface area contributed by atoms with Crippen LogP contribution in [0.3, 0.4) is 0 Å². The first-order chi connectivity index (χ1) is 8.06. The van der Waals surface area contributed by atoms with E-state index in [9.17, 15) is 5.11 Å². The second kappa shape index (κ2) is 4.62. The van der Waals surface area contributed by atoms with Crippen molar-refractivity contribution in [3.8, 4) is 16.9 Å². The van der Waals surface area contributed by atoms with Gasteiger partial charge in [-0.1, -0.05) is 19.9 Å². The summed E-state index contributed by atoms with van der Waals surface area (Å²) in [6, 6.07) is 5.62. The molecule has 1 heterocycles. The Morgan fingerprint density at radius 3 is 2.71 bits per heavy atom. The standard InChI is InChI=1S/C14H18N2O/c1-10(2)8-16-9-13(7-15-16)12-4-5-14(17)11(3)6-12/h4-7,9-10,17H,8H2,1-3H3. The fourth-order valence-corrected chi connectivity index (χ4v) is 1.82. The van der Waals surface area contributed by atoms with Crippen LogP contribution in [0.25, 0.3) is 11.1 Å². The number of phenols is 1. The number of aromatic nitrogens is 2.